The van der Waals surface area contributed by atoms with E-state index in [0.717, 1.165) is 0 Å². The van der Waals surface area contributed by atoms with E-state index >= 15 is 0 Å². The Morgan fingerprint density at radius 2 is 2.09 bits per heavy atom. The smallest absolute Gasteiger partial charge is 0.259 e. The maximum absolute atomic E-state index is 13.6. The van der Waals surface area contributed by atoms with Gasteiger partial charge in [0.15, 0.2) is 0 Å². The van der Waals surface area contributed by atoms with Crippen LogP contribution in [-0.2, 0) is 13.6 Å². The minimum atomic E-state index is -0.278. The number of anilines is 1. The van der Waals surface area contributed by atoms with Crippen LogP contribution in [0.1, 0.15) is 21.6 Å². The minimum Gasteiger partial charge on any atom is -0.319 e. The molecule has 1 amide bonds. The van der Waals surface area contributed by atoms with E-state index in [2.05, 4.69) is 15.5 Å². The van der Waals surface area contributed by atoms with E-state index in [1.807, 2.05) is 0 Å². The second-order valence-electron chi connectivity index (χ2n) is 5.27. The van der Waals surface area contributed by atoms with Crippen molar-refractivity contribution >= 4 is 11.6 Å². The van der Waals surface area contributed by atoms with Crippen molar-refractivity contribution < 1.29 is 9.18 Å². The highest BCUT2D eigenvalue weighted by Crippen LogP contribution is 2.13. The summed E-state index contributed by atoms with van der Waals surface area (Å²) in [6.45, 7) is 2.07. The first-order valence-corrected chi connectivity index (χ1v) is 7.10. The van der Waals surface area contributed by atoms with Gasteiger partial charge < -0.3 is 5.32 Å². The lowest BCUT2D eigenvalue weighted by molar-refractivity contribution is 0.102. The molecule has 3 rings (SSSR count). The van der Waals surface area contributed by atoms with Gasteiger partial charge in [0.05, 0.1) is 29.7 Å². The number of benzene rings is 1. The standard InChI is InChI=1S/C16H16FN5O/c1-11-14(10-21(2)20-11)16(23)19-13-7-18-22(9-13)8-12-5-3-4-6-15(12)17/h3-7,9-10H,8H2,1-2H3,(H,19,23). The topological polar surface area (TPSA) is 64.7 Å². The van der Waals surface area contributed by atoms with Crippen molar-refractivity contribution in [3.05, 3.63) is 65.5 Å². The van der Waals surface area contributed by atoms with Crippen LogP contribution in [0.15, 0.2) is 42.9 Å². The molecule has 0 saturated heterocycles. The molecule has 2 aromatic heterocycles. The van der Waals surface area contributed by atoms with Gasteiger partial charge in [-0.2, -0.15) is 10.2 Å². The predicted molar refractivity (Wildman–Crippen MR) is 83.6 cm³/mol. The summed E-state index contributed by atoms with van der Waals surface area (Å²) in [5.41, 5.74) is 2.25. The summed E-state index contributed by atoms with van der Waals surface area (Å²) in [5.74, 6) is -0.527. The highest BCUT2D eigenvalue weighted by Gasteiger charge is 2.13. The Hall–Kier alpha value is -2.96. The summed E-state index contributed by atoms with van der Waals surface area (Å²) in [6.07, 6.45) is 4.86. The lowest BCUT2D eigenvalue weighted by Crippen LogP contribution is -2.12. The van der Waals surface area contributed by atoms with Crippen molar-refractivity contribution in [2.45, 2.75) is 13.5 Å². The second kappa shape index (κ2) is 6.04. The van der Waals surface area contributed by atoms with Crippen molar-refractivity contribution in [2.75, 3.05) is 5.32 Å². The molecule has 6 nitrogen and oxygen atoms in total. The van der Waals surface area contributed by atoms with Crippen LogP contribution in [0.4, 0.5) is 10.1 Å². The molecule has 118 valence electrons. The summed E-state index contributed by atoms with van der Waals surface area (Å²) in [5, 5.41) is 11.0. The van der Waals surface area contributed by atoms with Crippen LogP contribution in [0.5, 0.6) is 0 Å². The van der Waals surface area contributed by atoms with Crippen molar-refractivity contribution in [3.8, 4) is 0 Å². The van der Waals surface area contributed by atoms with Crippen molar-refractivity contribution in [3.63, 3.8) is 0 Å². The Kier molecular flexibility index (Phi) is 3.92. The first-order chi connectivity index (χ1) is 11.0. The van der Waals surface area contributed by atoms with E-state index in [9.17, 15) is 9.18 Å². The maximum atomic E-state index is 13.6. The van der Waals surface area contributed by atoms with Crippen LogP contribution in [0.3, 0.4) is 0 Å². The van der Waals surface area contributed by atoms with Gasteiger partial charge >= 0.3 is 0 Å². The average Bonchev–Trinajstić information content (AvgIpc) is 3.07. The second-order valence-corrected chi connectivity index (χ2v) is 5.27. The average molecular weight is 313 g/mol. The summed E-state index contributed by atoms with van der Waals surface area (Å²) >= 11 is 0. The van der Waals surface area contributed by atoms with Crippen LogP contribution in [0.2, 0.25) is 0 Å². The predicted octanol–water partition coefficient (Wildman–Crippen LogP) is 2.36. The fourth-order valence-electron chi connectivity index (χ4n) is 2.34. The number of amides is 1. The fourth-order valence-corrected chi connectivity index (χ4v) is 2.34. The van der Waals surface area contributed by atoms with E-state index in [0.29, 0.717) is 29.1 Å². The molecule has 0 fully saturated rings. The molecular weight excluding hydrogens is 297 g/mol. The molecule has 1 aromatic carbocycles. The van der Waals surface area contributed by atoms with Gasteiger partial charge in [-0.15, -0.1) is 0 Å². The Labute approximate surface area is 132 Å². The molecular formula is C16H16FN5O. The molecule has 0 aliphatic carbocycles. The zero-order valence-corrected chi connectivity index (χ0v) is 12.8. The van der Waals surface area contributed by atoms with E-state index in [1.54, 1.807) is 53.9 Å². The first kappa shape index (κ1) is 15.0. The first-order valence-electron chi connectivity index (χ1n) is 7.10. The lowest BCUT2D eigenvalue weighted by atomic mass is 10.2. The third kappa shape index (κ3) is 3.28. The van der Waals surface area contributed by atoms with E-state index in [1.165, 1.54) is 12.3 Å². The van der Waals surface area contributed by atoms with Crippen LogP contribution in [0, 0.1) is 12.7 Å². The number of nitrogens with one attached hydrogen (secondary N) is 1. The molecule has 0 atom stereocenters. The lowest BCUT2D eigenvalue weighted by Gasteiger charge is -2.03. The van der Waals surface area contributed by atoms with Crippen LogP contribution in [0.25, 0.3) is 0 Å². The van der Waals surface area contributed by atoms with E-state index < -0.39 is 0 Å². The molecule has 0 spiro atoms. The van der Waals surface area contributed by atoms with Crippen LogP contribution >= 0.6 is 0 Å². The molecule has 7 heteroatoms. The molecule has 3 aromatic rings. The number of carbonyl (C=O) groups excluding carboxylic acids is 1. The number of hydrogen-bond acceptors (Lipinski definition) is 3. The van der Waals surface area contributed by atoms with Gasteiger partial charge in [0.25, 0.3) is 5.91 Å². The molecule has 1 N–H and O–H groups in total. The molecule has 0 aliphatic rings. The van der Waals surface area contributed by atoms with Gasteiger partial charge in [0.2, 0.25) is 0 Å². The molecule has 0 saturated carbocycles. The Morgan fingerprint density at radius 3 is 2.78 bits per heavy atom. The third-order valence-corrected chi connectivity index (χ3v) is 3.44. The van der Waals surface area contributed by atoms with Crippen LogP contribution < -0.4 is 5.32 Å². The quantitative estimate of drug-likeness (QED) is 0.804. The number of halogens is 1. The largest absolute Gasteiger partial charge is 0.319 e. The molecule has 2 heterocycles. The third-order valence-electron chi connectivity index (χ3n) is 3.44. The van der Waals surface area contributed by atoms with Crippen molar-refractivity contribution in [1.82, 2.24) is 19.6 Å². The summed E-state index contributed by atoms with van der Waals surface area (Å²) < 4.78 is 16.8. The fraction of sp³-hybridized carbons (Fsp3) is 0.188. The van der Waals surface area contributed by atoms with E-state index in [-0.39, 0.29) is 11.7 Å². The maximum Gasteiger partial charge on any atom is 0.259 e. The number of rotatable bonds is 4. The number of aryl methyl sites for hydroxylation is 2. The van der Waals surface area contributed by atoms with Gasteiger partial charge in [-0.3, -0.25) is 14.2 Å². The number of aromatic nitrogens is 4. The van der Waals surface area contributed by atoms with Gasteiger partial charge in [0.1, 0.15) is 5.82 Å². The van der Waals surface area contributed by atoms with Crippen molar-refractivity contribution in [2.24, 2.45) is 7.05 Å². The summed E-state index contributed by atoms with van der Waals surface area (Å²) in [6, 6.07) is 6.53. The molecule has 0 bridgehead atoms. The molecule has 0 aliphatic heterocycles. The zero-order valence-electron chi connectivity index (χ0n) is 12.8. The van der Waals surface area contributed by atoms with E-state index in [4.69, 9.17) is 0 Å². The molecule has 23 heavy (non-hydrogen) atoms. The van der Waals surface area contributed by atoms with Gasteiger partial charge in [0, 0.05) is 25.0 Å². The molecule has 0 radical (unpaired) electrons. The summed E-state index contributed by atoms with van der Waals surface area (Å²) in [7, 11) is 1.76. The highest BCUT2D eigenvalue weighted by molar-refractivity contribution is 6.04. The minimum absolute atomic E-state index is 0.249. The number of hydrogen-bond donors (Lipinski definition) is 1. The Balaban J connectivity index is 1.71. The van der Waals surface area contributed by atoms with Crippen molar-refractivity contribution in [1.29, 1.82) is 0 Å². The zero-order chi connectivity index (χ0) is 16.4. The van der Waals surface area contributed by atoms with Gasteiger partial charge in [-0.1, -0.05) is 18.2 Å². The molecule has 0 unspecified atom stereocenters. The van der Waals surface area contributed by atoms with Gasteiger partial charge in [-0.05, 0) is 13.0 Å². The van der Waals surface area contributed by atoms with Crippen LogP contribution in [-0.4, -0.2) is 25.5 Å². The Morgan fingerprint density at radius 1 is 1.30 bits per heavy atom. The monoisotopic (exact) mass is 313 g/mol. The number of carbonyl (C=O) groups is 1. The Bertz CT molecular complexity index is 852. The highest BCUT2D eigenvalue weighted by atomic mass is 19.1. The number of nitrogens with zero attached hydrogens (tertiary/aromatic N) is 4. The normalized spacial score (nSPS) is 10.7. The van der Waals surface area contributed by atoms with Gasteiger partial charge in [-0.25, -0.2) is 4.39 Å². The summed E-state index contributed by atoms with van der Waals surface area (Å²) in [4.78, 5) is 12.2. The SMILES string of the molecule is Cc1nn(C)cc1C(=O)Nc1cnn(Cc2ccccc2F)c1.